The molecular formula is C25H29N3O3. The molecule has 1 saturated heterocycles. The second-order valence-electron chi connectivity index (χ2n) is 8.17. The van der Waals surface area contributed by atoms with E-state index in [1.165, 1.54) is 16.8 Å². The first-order chi connectivity index (χ1) is 15.0. The van der Waals surface area contributed by atoms with Gasteiger partial charge in [-0.3, -0.25) is 9.59 Å². The van der Waals surface area contributed by atoms with Crippen LogP contribution in [0.5, 0.6) is 0 Å². The van der Waals surface area contributed by atoms with Gasteiger partial charge in [-0.25, -0.2) is 0 Å². The van der Waals surface area contributed by atoms with E-state index in [-0.39, 0.29) is 18.2 Å². The van der Waals surface area contributed by atoms with Crippen LogP contribution in [0.15, 0.2) is 53.1 Å². The minimum Gasteiger partial charge on any atom is -0.464 e. The topological polar surface area (TPSA) is 65.8 Å². The van der Waals surface area contributed by atoms with E-state index >= 15 is 0 Å². The largest absolute Gasteiger partial charge is 0.464 e. The fourth-order valence-electron chi connectivity index (χ4n) is 4.03. The van der Waals surface area contributed by atoms with Gasteiger partial charge in [0.25, 0.3) is 0 Å². The summed E-state index contributed by atoms with van der Waals surface area (Å²) in [6.07, 6.45) is 2.22. The van der Waals surface area contributed by atoms with Gasteiger partial charge in [-0.15, -0.1) is 0 Å². The van der Waals surface area contributed by atoms with Gasteiger partial charge in [0.1, 0.15) is 5.58 Å². The van der Waals surface area contributed by atoms with Crippen LogP contribution in [0.4, 0.5) is 5.69 Å². The highest BCUT2D eigenvalue weighted by molar-refractivity contribution is 5.88. The zero-order chi connectivity index (χ0) is 21.8. The Morgan fingerprint density at radius 3 is 2.45 bits per heavy atom. The van der Waals surface area contributed by atoms with E-state index in [0.717, 1.165) is 29.6 Å². The van der Waals surface area contributed by atoms with Crippen LogP contribution in [0.3, 0.4) is 0 Å². The number of benzene rings is 2. The van der Waals surface area contributed by atoms with Crippen LogP contribution in [-0.4, -0.2) is 49.4 Å². The lowest BCUT2D eigenvalue weighted by atomic mass is 10.0. The lowest BCUT2D eigenvalue weighted by Gasteiger charge is -2.36. The van der Waals surface area contributed by atoms with Crippen molar-refractivity contribution >= 4 is 28.5 Å². The van der Waals surface area contributed by atoms with Gasteiger partial charge < -0.3 is 19.5 Å². The highest BCUT2D eigenvalue weighted by atomic mass is 16.3. The number of hydrogen-bond acceptors (Lipinski definition) is 4. The van der Waals surface area contributed by atoms with E-state index in [1.54, 1.807) is 6.26 Å². The molecule has 31 heavy (non-hydrogen) atoms. The highest BCUT2D eigenvalue weighted by Gasteiger charge is 2.21. The number of aryl methyl sites for hydroxylation is 2. The summed E-state index contributed by atoms with van der Waals surface area (Å²) in [7, 11) is 0. The van der Waals surface area contributed by atoms with Gasteiger partial charge in [0.15, 0.2) is 0 Å². The van der Waals surface area contributed by atoms with Crippen LogP contribution in [-0.2, 0) is 16.0 Å². The normalized spacial score (nSPS) is 14.1. The number of amides is 2. The summed E-state index contributed by atoms with van der Waals surface area (Å²) in [6.45, 7) is 7.52. The van der Waals surface area contributed by atoms with Crippen LogP contribution < -0.4 is 10.2 Å². The number of para-hydroxylation sites is 1. The third kappa shape index (κ3) is 4.90. The summed E-state index contributed by atoms with van der Waals surface area (Å²) in [5.41, 5.74) is 5.21. The second kappa shape index (κ2) is 9.25. The molecular weight excluding hydrogens is 390 g/mol. The van der Waals surface area contributed by atoms with E-state index < -0.39 is 0 Å². The van der Waals surface area contributed by atoms with Crippen LogP contribution in [0.25, 0.3) is 11.0 Å². The molecule has 2 aromatic carbocycles. The fourth-order valence-corrected chi connectivity index (χ4v) is 4.03. The zero-order valence-corrected chi connectivity index (χ0v) is 18.2. The number of hydrogen-bond donors (Lipinski definition) is 1. The molecule has 3 aromatic rings. The molecule has 1 aromatic heterocycles. The summed E-state index contributed by atoms with van der Waals surface area (Å²) >= 11 is 0. The first-order valence-electron chi connectivity index (χ1n) is 10.8. The number of carbonyl (C=O) groups is 2. The van der Waals surface area contributed by atoms with E-state index in [1.807, 2.05) is 36.1 Å². The Kier molecular flexibility index (Phi) is 6.26. The lowest BCUT2D eigenvalue weighted by Crippen LogP contribution is -2.49. The Hall–Kier alpha value is -3.28. The molecule has 1 aliphatic rings. The van der Waals surface area contributed by atoms with Crippen molar-refractivity contribution in [3.63, 3.8) is 0 Å². The number of carbonyl (C=O) groups excluding carboxylic acids is 2. The molecule has 162 valence electrons. The number of anilines is 1. The van der Waals surface area contributed by atoms with Crippen molar-refractivity contribution in [2.24, 2.45) is 0 Å². The van der Waals surface area contributed by atoms with Crippen LogP contribution in [0, 0.1) is 13.8 Å². The van der Waals surface area contributed by atoms with Crippen LogP contribution in [0.1, 0.15) is 23.1 Å². The summed E-state index contributed by atoms with van der Waals surface area (Å²) in [4.78, 5) is 29.1. The number of nitrogens with one attached hydrogen (secondary N) is 1. The molecule has 6 heteroatoms. The van der Waals surface area contributed by atoms with Crippen LogP contribution in [0.2, 0.25) is 0 Å². The van der Waals surface area contributed by atoms with Crippen molar-refractivity contribution in [1.29, 1.82) is 0 Å². The first kappa shape index (κ1) is 21.0. The van der Waals surface area contributed by atoms with E-state index in [4.69, 9.17) is 4.42 Å². The summed E-state index contributed by atoms with van der Waals surface area (Å²) < 4.78 is 5.60. The van der Waals surface area contributed by atoms with Gasteiger partial charge in [-0.1, -0.05) is 18.2 Å². The molecule has 0 aliphatic carbocycles. The third-order valence-electron chi connectivity index (χ3n) is 6.04. The Labute approximate surface area is 182 Å². The van der Waals surface area contributed by atoms with Crippen molar-refractivity contribution < 1.29 is 14.0 Å². The molecule has 0 saturated carbocycles. The number of rotatable bonds is 6. The number of piperazine rings is 1. The van der Waals surface area contributed by atoms with Gasteiger partial charge in [0, 0.05) is 55.8 Å². The quantitative estimate of drug-likeness (QED) is 0.665. The predicted molar refractivity (Wildman–Crippen MR) is 122 cm³/mol. The van der Waals surface area contributed by atoms with Gasteiger partial charge in [0.2, 0.25) is 11.8 Å². The molecule has 0 bridgehead atoms. The standard InChI is InChI=1S/C25H29N3O3/c1-18-14-22-20(17-31-23(22)15-19(18)2)16-24(29)26-9-8-25(30)28-12-10-27(11-13-28)21-6-4-3-5-7-21/h3-7,14-15,17H,8-13,16H2,1-2H3,(H,26,29). The fraction of sp³-hybridized carbons (Fsp3) is 0.360. The Bertz CT molecular complexity index is 1070. The average molecular weight is 420 g/mol. The minimum atomic E-state index is -0.0948. The molecule has 1 N–H and O–H groups in total. The van der Waals surface area contributed by atoms with Crippen molar-refractivity contribution in [2.75, 3.05) is 37.6 Å². The molecule has 0 spiro atoms. The average Bonchev–Trinajstić information content (AvgIpc) is 3.16. The SMILES string of the molecule is Cc1cc2occ(CC(=O)NCCC(=O)N3CCN(c4ccccc4)CC3)c2cc1C. The van der Waals surface area contributed by atoms with Crippen molar-refractivity contribution in [3.8, 4) is 0 Å². The molecule has 0 radical (unpaired) electrons. The molecule has 2 heterocycles. The molecule has 6 nitrogen and oxygen atoms in total. The van der Waals surface area contributed by atoms with Crippen molar-refractivity contribution in [1.82, 2.24) is 10.2 Å². The molecule has 1 fully saturated rings. The van der Waals surface area contributed by atoms with Gasteiger partial charge in [0.05, 0.1) is 12.7 Å². The summed E-state index contributed by atoms with van der Waals surface area (Å²) in [5.74, 6) is -0.00417. The predicted octanol–water partition coefficient (Wildman–Crippen LogP) is 3.45. The second-order valence-corrected chi connectivity index (χ2v) is 8.17. The van der Waals surface area contributed by atoms with Gasteiger partial charge in [-0.05, 0) is 49.2 Å². The molecule has 0 atom stereocenters. The maximum absolute atomic E-state index is 12.5. The highest BCUT2D eigenvalue weighted by Crippen LogP contribution is 2.25. The third-order valence-corrected chi connectivity index (χ3v) is 6.04. The maximum Gasteiger partial charge on any atom is 0.224 e. The van der Waals surface area contributed by atoms with Gasteiger partial charge >= 0.3 is 0 Å². The Morgan fingerprint density at radius 2 is 1.71 bits per heavy atom. The molecule has 1 aliphatic heterocycles. The van der Waals surface area contributed by atoms with Gasteiger partial charge in [-0.2, -0.15) is 0 Å². The zero-order valence-electron chi connectivity index (χ0n) is 18.2. The Balaban J connectivity index is 1.22. The van der Waals surface area contributed by atoms with E-state index in [0.29, 0.717) is 26.1 Å². The van der Waals surface area contributed by atoms with Crippen molar-refractivity contribution in [2.45, 2.75) is 26.7 Å². The van der Waals surface area contributed by atoms with Crippen LogP contribution >= 0.6 is 0 Å². The number of nitrogens with zero attached hydrogens (tertiary/aromatic N) is 2. The molecule has 2 amide bonds. The minimum absolute atomic E-state index is 0.0906. The smallest absolute Gasteiger partial charge is 0.224 e. The first-order valence-corrected chi connectivity index (χ1v) is 10.8. The summed E-state index contributed by atoms with van der Waals surface area (Å²) in [6, 6.07) is 14.3. The van der Waals surface area contributed by atoms with E-state index in [2.05, 4.69) is 35.3 Å². The number of fused-ring (bicyclic) bond motifs is 1. The Morgan fingerprint density at radius 1 is 1.00 bits per heavy atom. The monoisotopic (exact) mass is 419 g/mol. The molecule has 4 rings (SSSR count). The van der Waals surface area contributed by atoms with Crippen molar-refractivity contribution in [3.05, 3.63) is 65.4 Å². The van der Waals surface area contributed by atoms with E-state index in [9.17, 15) is 9.59 Å². The molecule has 0 unspecified atom stereocenters. The lowest BCUT2D eigenvalue weighted by molar-refractivity contribution is -0.131. The summed E-state index contributed by atoms with van der Waals surface area (Å²) in [5, 5.41) is 3.86. The maximum atomic E-state index is 12.5. The number of furan rings is 1.